The van der Waals surface area contributed by atoms with E-state index < -0.39 is 29.4 Å². The summed E-state index contributed by atoms with van der Waals surface area (Å²) in [5, 5.41) is 0. The first kappa shape index (κ1) is 22.2. The van der Waals surface area contributed by atoms with E-state index in [0.717, 1.165) is 11.3 Å². The van der Waals surface area contributed by atoms with Gasteiger partial charge in [0, 0.05) is 23.0 Å². The first-order valence-electron chi connectivity index (χ1n) is 11.2. The van der Waals surface area contributed by atoms with Crippen LogP contribution in [0.2, 0.25) is 0 Å². The molecule has 1 aromatic heterocycles. The lowest BCUT2D eigenvalue weighted by Gasteiger charge is -2.27. The number of hydrogen-bond acceptors (Lipinski definition) is 5. The third-order valence-electron chi connectivity index (χ3n) is 6.21. The van der Waals surface area contributed by atoms with E-state index in [1.807, 2.05) is 60.7 Å². The highest BCUT2D eigenvalue weighted by molar-refractivity contribution is 6.49. The Labute approximate surface area is 202 Å². The number of anilines is 1. The van der Waals surface area contributed by atoms with Crippen molar-refractivity contribution >= 4 is 23.2 Å². The van der Waals surface area contributed by atoms with Gasteiger partial charge in [0.25, 0.3) is 5.91 Å². The van der Waals surface area contributed by atoms with Crippen LogP contribution in [0.15, 0.2) is 103 Å². The van der Waals surface area contributed by atoms with Crippen molar-refractivity contribution in [2.24, 2.45) is 5.92 Å². The van der Waals surface area contributed by atoms with Gasteiger partial charge < -0.3 is 4.74 Å². The third-order valence-corrected chi connectivity index (χ3v) is 6.21. The van der Waals surface area contributed by atoms with Gasteiger partial charge in [-0.25, -0.2) is 0 Å². The summed E-state index contributed by atoms with van der Waals surface area (Å²) >= 11 is 0. The minimum absolute atomic E-state index is 0.352. The Kier molecular flexibility index (Phi) is 5.94. The number of ketones is 2. The topological polar surface area (TPSA) is 76.6 Å². The number of aromatic nitrogens is 1. The van der Waals surface area contributed by atoms with Crippen molar-refractivity contribution in [3.8, 4) is 17.0 Å². The van der Waals surface area contributed by atoms with Gasteiger partial charge in [-0.2, -0.15) is 0 Å². The first-order chi connectivity index (χ1) is 17.1. The molecule has 6 nitrogen and oxygen atoms in total. The molecule has 1 fully saturated rings. The molecule has 0 N–H and O–H groups in total. The number of hydrogen-bond donors (Lipinski definition) is 0. The number of rotatable bonds is 6. The van der Waals surface area contributed by atoms with E-state index in [-0.39, 0.29) is 0 Å². The highest BCUT2D eigenvalue weighted by atomic mass is 16.5. The minimum Gasteiger partial charge on any atom is -0.497 e. The second kappa shape index (κ2) is 9.35. The Morgan fingerprint density at radius 1 is 0.829 bits per heavy atom. The summed E-state index contributed by atoms with van der Waals surface area (Å²) in [6, 6.07) is 27.9. The van der Waals surface area contributed by atoms with Gasteiger partial charge in [0.2, 0.25) is 5.78 Å². The molecule has 2 atom stereocenters. The van der Waals surface area contributed by atoms with Gasteiger partial charge in [-0.1, -0.05) is 48.5 Å². The molecule has 1 amide bonds. The predicted molar refractivity (Wildman–Crippen MR) is 132 cm³/mol. The normalized spacial score (nSPS) is 17.5. The summed E-state index contributed by atoms with van der Waals surface area (Å²) in [7, 11) is 1.54. The number of Topliss-reactive ketones (excluding diaryl/α,β-unsaturated/α-hetero) is 2. The van der Waals surface area contributed by atoms with Crippen LogP contribution in [0.5, 0.6) is 5.75 Å². The lowest BCUT2D eigenvalue weighted by atomic mass is 9.86. The summed E-state index contributed by atoms with van der Waals surface area (Å²) in [6.07, 6.45) is 1.71. The van der Waals surface area contributed by atoms with E-state index in [4.69, 9.17) is 4.74 Å². The summed E-state index contributed by atoms with van der Waals surface area (Å²) in [6.45, 7) is 0. The average molecular weight is 463 g/mol. The van der Waals surface area contributed by atoms with Gasteiger partial charge in [-0.15, -0.1) is 0 Å². The standard InChI is InChI=1S/C29H22N2O4/c1-35-23-16-12-21(13-17-23)27(32)25-26(20-7-3-2-4-8-20)31(29(34)28(25)33)22-14-10-19(11-15-22)24-9-5-6-18-30-24/h2-18,25-26H,1H3. The first-order valence-corrected chi connectivity index (χ1v) is 11.2. The molecule has 0 aliphatic carbocycles. The largest absolute Gasteiger partial charge is 0.497 e. The quantitative estimate of drug-likeness (QED) is 0.231. The molecule has 0 spiro atoms. The average Bonchev–Trinajstić information content (AvgIpc) is 3.19. The Balaban J connectivity index is 1.56. The maximum atomic E-state index is 13.6. The highest BCUT2D eigenvalue weighted by Gasteiger charge is 2.52. The number of ether oxygens (including phenoxy) is 1. The zero-order valence-electron chi connectivity index (χ0n) is 19.0. The van der Waals surface area contributed by atoms with Gasteiger partial charge in [0.15, 0.2) is 5.78 Å². The Morgan fingerprint density at radius 2 is 1.51 bits per heavy atom. The summed E-state index contributed by atoms with van der Waals surface area (Å²) in [5.41, 5.74) is 3.30. The number of methoxy groups -OCH3 is 1. The molecule has 1 saturated heterocycles. The van der Waals surface area contributed by atoms with Crippen molar-refractivity contribution < 1.29 is 19.1 Å². The van der Waals surface area contributed by atoms with Gasteiger partial charge >= 0.3 is 0 Å². The zero-order valence-corrected chi connectivity index (χ0v) is 19.0. The maximum Gasteiger partial charge on any atom is 0.295 e. The summed E-state index contributed by atoms with van der Waals surface area (Å²) in [5.74, 6) is -2.37. The molecule has 1 aliphatic heterocycles. The van der Waals surface area contributed by atoms with Crippen molar-refractivity contribution in [3.63, 3.8) is 0 Å². The van der Waals surface area contributed by atoms with Crippen molar-refractivity contribution in [2.45, 2.75) is 6.04 Å². The molecule has 2 heterocycles. The Hall–Kier alpha value is -4.58. The van der Waals surface area contributed by atoms with Crippen LogP contribution in [0.4, 0.5) is 5.69 Å². The number of pyridine rings is 1. The van der Waals surface area contributed by atoms with Crippen LogP contribution in [0.25, 0.3) is 11.3 Å². The second-order valence-corrected chi connectivity index (χ2v) is 8.23. The molecule has 0 radical (unpaired) electrons. The third kappa shape index (κ3) is 4.10. The molecular formula is C29H22N2O4. The summed E-state index contributed by atoms with van der Waals surface area (Å²) in [4.78, 5) is 45.9. The van der Waals surface area contributed by atoms with E-state index in [2.05, 4.69) is 4.98 Å². The van der Waals surface area contributed by atoms with E-state index in [1.165, 1.54) is 4.90 Å². The molecule has 0 bridgehead atoms. The monoisotopic (exact) mass is 462 g/mol. The lowest BCUT2D eigenvalue weighted by molar-refractivity contribution is -0.135. The lowest BCUT2D eigenvalue weighted by Crippen LogP contribution is -2.30. The van der Waals surface area contributed by atoms with Crippen LogP contribution < -0.4 is 9.64 Å². The van der Waals surface area contributed by atoms with Gasteiger partial charge in [0.05, 0.1) is 18.8 Å². The van der Waals surface area contributed by atoms with Crippen LogP contribution in [-0.2, 0) is 9.59 Å². The van der Waals surface area contributed by atoms with Crippen LogP contribution in [0.3, 0.4) is 0 Å². The fraction of sp³-hybridized carbons (Fsp3) is 0.103. The predicted octanol–water partition coefficient (Wildman–Crippen LogP) is 4.91. The van der Waals surface area contributed by atoms with E-state index in [0.29, 0.717) is 22.6 Å². The zero-order chi connectivity index (χ0) is 24.4. The van der Waals surface area contributed by atoms with Gasteiger partial charge in [0.1, 0.15) is 11.7 Å². The Bertz CT molecular complexity index is 1370. The number of carbonyl (C=O) groups excluding carboxylic acids is 3. The van der Waals surface area contributed by atoms with E-state index >= 15 is 0 Å². The molecular weight excluding hydrogens is 440 g/mol. The smallest absolute Gasteiger partial charge is 0.295 e. The van der Waals surface area contributed by atoms with Crippen molar-refractivity contribution in [1.82, 2.24) is 4.98 Å². The molecule has 172 valence electrons. The maximum absolute atomic E-state index is 13.6. The molecule has 2 unspecified atom stereocenters. The van der Waals surface area contributed by atoms with Crippen LogP contribution in [0, 0.1) is 5.92 Å². The van der Waals surface area contributed by atoms with Crippen LogP contribution in [0.1, 0.15) is 22.0 Å². The second-order valence-electron chi connectivity index (χ2n) is 8.23. The Morgan fingerprint density at radius 3 is 2.14 bits per heavy atom. The van der Waals surface area contributed by atoms with Crippen molar-refractivity contribution in [3.05, 3.63) is 114 Å². The van der Waals surface area contributed by atoms with Crippen molar-refractivity contribution in [1.29, 1.82) is 0 Å². The van der Waals surface area contributed by atoms with E-state index in [9.17, 15) is 14.4 Å². The summed E-state index contributed by atoms with van der Waals surface area (Å²) < 4.78 is 5.17. The van der Waals surface area contributed by atoms with Gasteiger partial charge in [-0.05, 0) is 54.1 Å². The highest BCUT2D eigenvalue weighted by Crippen LogP contribution is 2.41. The number of amides is 1. The van der Waals surface area contributed by atoms with E-state index in [1.54, 1.807) is 49.7 Å². The van der Waals surface area contributed by atoms with Crippen LogP contribution in [-0.4, -0.2) is 29.6 Å². The molecule has 5 rings (SSSR count). The van der Waals surface area contributed by atoms with Crippen molar-refractivity contribution in [2.75, 3.05) is 12.0 Å². The number of nitrogens with zero attached hydrogens (tertiary/aromatic N) is 2. The molecule has 4 aromatic rings. The minimum atomic E-state index is -1.16. The molecule has 35 heavy (non-hydrogen) atoms. The number of carbonyl (C=O) groups is 3. The van der Waals surface area contributed by atoms with Crippen LogP contribution >= 0.6 is 0 Å². The fourth-order valence-electron chi connectivity index (χ4n) is 4.46. The molecule has 6 heteroatoms. The molecule has 3 aromatic carbocycles. The fourth-order valence-corrected chi connectivity index (χ4v) is 4.46. The SMILES string of the molecule is COc1ccc(C(=O)C2C(=O)C(=O)N(c3ccc(-c4ccccn4)cc3)C2c2ccccc2)cc1. The number of benzene rings is 3. The van der Waals surface area contributed by atoms with Gasteiger partial charge in [-0.3, -0.25) is 24.3 Å². The molecule has 0 saturated carbocycles. The molecule has 1 aliphatic rings.